The molecule has 0 unspecified atom stereocenters. The lowest BCUT2D eigenvalue weighted by atomic mass is 10.2. The first-order valence-electron chi connectivity index (χ1n) is 5.26. The molecule has 0 aliphatic carbocycles. The summed E-state index contributed by atoms with van der Waals surface area (Å²) in [5, 5.41) is 0. The SMILES string of the molecule is Cc1ccccc1NS(=O)(=O)c1ccc(=O)[nH]c1. The lowest BCUT2D eigenvalue weighted by Crippen LogP contribution is -2.15. The molecule has 6 heteroatoms. The molecule has 0 aliphatic rings. The number of sulfonamides is 1. The molecule has 1 aromatic heterocycles. The van der Waals surface area contributed by atoms with Crippen LogP contribution in [0.15, 0.2) is 52.3 Å². The fourth-order valence-electron chi connectivity index (χ4n) is 1.45. The number of para-hydroxylation sites is 1. The molecule has 2 aromatic rings. The summed E-state index contributed by atoms with van der Waals surface area (Å²) < 4.78 is 26.5. The molecular weight excluding hydrogens is 252 g/mol. The third-order valence-electron chi connectivity index (χ3n) is 2.46. The number of aromatic nitrogens is 1. The first-order valence-corrected chi connectivity index (χ1v) is 6.74. The van der Waals surface area contributed by atoms with Crippen molar-refractivity contribution in [3.05, 3.63) is 58.5 Å². The van der Waals surface area contributed by atoms with E-state index in [2.05, 4.69) is 9.71 Å². The van der Waals surface area contributed by atoms with Crippen LogP contribution in [0.25, 0.3) is 0 Å². The third kappa shape index (κ3) is 2.60. The summed E-state index contributed by atoms with van der Waals surface area (Å²) in [7, 11) is -3.67. The number of pyridine rings is 1. The highest BCUT2D eigenvalue weighted by Gasteiger charge is 2.14. The van der Waals surface area contributed by atoms with Crippen molar-refractivity contribution >= 4 is 15.7 Å². The Morgan fingerprint density at radius 2 is 1.83 bits per heavy atom. The highest BCUT2D eigenvalue weighted by atomic mass is 32.2. The lowest BCUT2D eigenvalue weighted by Gasteiger charge is -2.09. The molecule has 0 fully saturated rings. The van der Waals surface area contributed by atoms with Crippen LogP contribution in [-0.4, -0.2) is 13.4 Å². The minimum atomic E-state index is -3.67. The minimum Gasteiger partial charge on any atom is -0.328 e. The molecule has 0 aliphatic heterocycles. The second-order valence-electron chi connectivity index (χ2n) is 3.81. The van der Waals surface area contributed by atoms with Crippen LogP contribution in [0, 0.1) is 6.92 Å². The molecule has 0 saturated heterocycles. The number of benzene rings is 1. The van der Waals surface area contributed by atoms with Crippen molar-refractivity contribution in [2.24, 2.45) is 0 Å². The Balaban J connectivity index is 2.36. The van der Waals surface area contributed by atoms with Crippen molar-refractivity contribution < 1.29 is 8.42 Å². The smallest absolute Gasteiger partial charge is 0.263 e. The van der Waals surface area contributed by atoms with Crippen molar-refractivity contribution in [2.75, 3.05) is 4.72 Å². The van der Waals surface area contributed by atoms with Gasteiger partial charge in [0.05, 0.1) is 5.69 Å². The molecule has 0 radical (unpaired) electrons. The quantitative estimate of drug-likeness (QED) is 0.881. The number of nitrogens with one attached hydrogen (secondary N) is 2. The molecular formula is C12H12N2O3S. The molecule has 1 aromatic carbocycles. The fourth-order valence-corrected chi connectivity index (χ4v) is 2.55. The molecule has 0 amide bonds. The van der Waals surface area contributed by atoms with Gasteiger partial charge in [-0.2, -0.15) is 0 Å². The maximum Gasteiger partial charge on any atom is 0.263 e. The van der Waals surface area contributed by atoms with Crippen LogP contribution in [0.5, 0.6) is 0 Å². The molecule has 0 bridgehead atoms. The summed E-state index contributed by atoms with van der Waals surface area (Å²) in [6.45, 7) is 1.81. The van der Waals surface area contributed by atoms with E-state index in [0.717, 1.165) is 5.56 Å². The van der Waals surface area contributed by atoms with Crippen molar-refractivity contribution in [1.29, 1.82) is 0 Å². The Morgan fingerprint density at radius 3 is 2.44 bits per heavy atom. The van der Waals surface area contributed by atoms with Crippen molar-refractivity contribution in [2.45, 2.75) is 11.8 Å². The Kier molecular flexibility index (Phi) is 3.20. The van der Waals surface area contributed by atoms with Crippen LogP contribution in [-0.2, 0) is 10.0 Å². The molecule has 0 spiro atoms. The van der Waals surface area contributed by atoms with Gasteiger partial charge in [-0.1, -0.05) is 18.2 Å². The summed E-state index contributed by atoms with van der Waals surface area (Å²) in [4.78, 5) is 13.2. The van der Waals surface area contributed by atoms with Gasteiger partial charge in [-0.05, 0) is 24.6 Å². The summed E-state index contributed by atoms with van der Waals surface area (Å²) in [5.41, 5.74) is 0.999. The highest BCUT2D eigenvalue weighted by molar-refractivity contribution is 7.92. The van der Waals surface area contributed by atoms with E-state index in [1.807, 2.05) is 19.1 Å². The highest BCUT2D eigenvalue weighted by Crippen LogP contribution is 2.18. The Morgan fingerprint density at radius 1 is 1.11 bits per heavy atom. The maximum absolute atomic E-state index is 12.0. The van der Waals surface area contributed by atoms with E-state index in [1.54, 1.807) is 12.1 Å². The van der Waals surface area contributed by atoms with Gasteiger partial charge in [0.2, 0.25) is 5.56 Å². The van der Waals surface area contributed by atoms with E-state index < -0.39 is 10.0 Å². The number of anilines is 1. The number of aryl methyl sites for hydroxylation is 1. The number of hydrogen-bond acceptors (Lipinski definition) is 3. The van der Waals surface area contributed by atoms with Gasteiger partial charge in [0.15, 0.2) is 0 Å². The minimum absolute atomic E-state index is 0.0188. The van der Waals surface area contributed by atoms with Crippen LogP contribution in [0.1, 0.15) is 5.56 Å². The van der Waals surface area contributed by atoms with Gasteiger partial charge < -0.3 is 4.98 Å². The van der Waals surface area contributed by atoms with Crippen LogP contribution >= 0.6 is 0 Å². The van der Waals surface area contributed by atoms with E-state index in [-0.39, 0.29) is 10.5 Å². The molecule has 94 valence electrons. The Labute approximate surface area is 105 Å². The average Bonchev–Trinajstić information content (AvgIpc) is 2.32. The first-order chi connectivity index (χ1) is 8.49. The third-order valence-corrected chi connectivity index (χ3v) is 3.82. The monoisotopic (exact) mass is 264 g/mol. The van der Waals surface area contributed by atoms with E-state index in [1.165, 1.54) is 18.3 Å². The Bertz CT molecular complexity index is 700. The topological polar surface area (TPSA) is 79.0 Å². The molecule has 18 heavy (non-hydrogen) atoms. The summed E-state index contributed by atoms with van der Waals surface area (Å²) in [5.74, 6) is 0. The number of rotatable bonds is 3. The van der Waals surface area contributed by atoms with Crippen molar-refractivity contribution in [1.82, 2.24) is 4.98 Å². The zero-order valence-corrected chi connectivity index (χ0v) is 10.5. The molecule has 2 N–H and O–H groups in total. The van der Waals surface area contributed by atoms with E-state index in [9.17, 15) is 13.2 Å². The Hall–Kier alpha value is -2.08. The lowest BCUT2D eigenvalue weighted by molar-refractivity contribution is 0.600. The molecule has 2 rings (SSSR count). The largest absolute Gasteiger partial charge is 0.328 e. The summed E-state index contributed by atoms with van der Waals surface area (Å²) >= 11 is 0. The van der Waals surface area contributed by atoms with Gasteiger partial charge in [0.1, 0.15) is 4.90 Å². The van der Waals surface area contributed by atoms with Crippen LogP contribution < -0.4 is 10.3 Å². The number of H-pyrrole nitrogens is 1. The maximum atomic E-state index is 12.0. The van der Waals surface area contributed by atoms with Gasteiger partial charge in [-0.15, -0.1) is 0 Å². The normalized spacial score (nSPS) is 11.2. The predicted molar refractivity (Wildman–Crippen MR) is 69.1 cm³/mol. The molecule has 1 heterocycles. The van der Waals surface area contributed by atoms with Crippen molar-refractivity contribution in [3.8, 4) is 0 Å². The number of aromatic amines is 1. The van der Waals surface area contributed by atoms with Gasteiger partial charge >= 0.3 is 0 Å². The van der Waals surface area contributed by atoms with Gasteiger partial charge in [-0.3, -0.25) is 9.52 Å². The zero-order chi connectivity index (χ0) is 13.2. The van der Waals surface area contributed by atoms with Crippen LogP contribution in [0.2, 0.25) is 0 Å². The summed E-state index contributed by atoms with van der Waals surface area (Å²) in [6.07, 6.45) is 1.17. The second-order valence-corrected chi connectivity index (χ2v) is 5.49. The standard InChI is InChI=1S/C12H12N2O3S/c1-9-4-2-3-5-11(9)14-18(16,17)10-6-7-12(15)13-8-10/h2-8,14H,1H3,(H,13,15). The molecule has 5 nitrogen and oxygen atoms in total. The van der Waals surface area contributed by atoms with Gasteiger partial charge in [-0.25, -0.2) is 8.42 Å². The second kappa shape index (κ2) is 4.66. The molecule has 0 saturated carbocycles. The van der Waals surface area contributed by atoms with Gasteiger partial charge in [0.25, 0.3) is 10.0 Å². The molecule has 0 atom stereocenters. The van der Waals surface area contributed by atoms with Crippen LogP contribution in [0.3, 0.4) is 0 Å². The first kappa shape index (κ1) is 12.4. The predicted octanol–water partition coefficient (Wildman–Crippen LogP) is 1.48. The summed E-state index contributed by atoms with van der Waals surface area (Å²) in [6, 6.07) is 9.50. The average molecular weight is 264 g/mol. The zero-order valence-electron chi connectivity index (χ0n) is 9.67. The van der Waals surface area contributed by atoms with E-state index in [0.29, 0.717) is 5.69 Å². The fraction of sp³-hybridized carbons (Fsp3) is 0.0833. The van der Waals surface area contributed by atoms with E-state index >= 15 is 0 Å². The number of hydrogen-bond donors (Lipinski definition) is 2. The van der Waals surface area contributed by atoms with Crippen LogP contribution in [0.4, 0.5) is 5.69 Å². The van der Waals surface area contributed by atoms with E-state index in [4.69, 9.17) is 0 Å². The van der Waals surface area contributed by atoms with Gasteiger partial charge in [0, 0.05) is 12.3 Å². The van der Waals surface area contributed by atoms with Crippen molar-refractivity contribution in [3.63, 3.8) is 0 Å².